The Morgan fingerprint density at radius 3 is 2.72 bits per heavy atom. The van der Waals surface area contributed by atoms with Gasteiger partial charge in [-0.25, -0.2) is 0 Å². The predicted octanol–water partition coefficient (Wildman–Crippen LogP) is 3.20. The maximum absolute atomic E-state index is 12.0. The summed E-state index contributed by atoms with van der Waals surface area (Å²) >= 11 is 1.36. The molecule has 0 saturated carbocycles. The summed E-state index contributed by atoms with van der Waals surface area (Å²) in [4.78, 5) is 12.0. The molecular weight excluding hydrogens is 340 g/mol. The molecule has 1 N–H and O–H groups in total. The van der Waals surface area contributed by atoms with Crippen LogP contribution < -0.4 is 5.32 Å². The number of rotatable bonds is 8. The predicted molar refractivity (Wildman–Crippen MR) is 93.8 cm³/mol. The van der Waals surface area contributed by atoms with Crippen LogP contribution in [0.3, 0.4) is 0 Å². The molecule has 0 atom stereocenters. The maximum atomic E-state index is 12.0. The number of carbonyl (C=O) groups is 1. The highest BCUT2D eigenvalue weighted by Gasteiger charge is 2.18. The van der Waals surface area contributed by atoms with Crippen molar-refractivity contribution in [3.8, 4) is 11.6 Å². The zero-order valence-corrected chi connectivity index (χ0v) is 15.0. The lowest BCUT2D eigenvalue weighted by Gasteiger charge is -2.11. The first-order chi connectivity index (χ1) is 12.1. The van der Waals surface area contributed by atoms with Gasteiger partial charge in [-0.3, -0.25) is 9.36 Å². The van der Waals surface area contributed by atoms with E-state index in [1.807, 2.05) is 22.8 Å². The summed E-state index contributed by atoms with van der Waals surface area (Å²) in [5.41, 5.74) is 0. The fraction of sp³-hybridized carbons (Fsp3) is 0.353. The van der Waals surface area contributed by atoms with Crippen molar-refractivity contribution in [2.45, 2.75) is 32.1 Å². The van der Waals surface area contributed by atoms with Crippen LogP contribution in [-0.2, 0) is 17.9 Å². The van der Waals surface area contributed by atoms with E-state index in [0.29, 0.717) is 29.2 Å². The molecule has 0 saturated heterocycles. The van der Waals surface area contributed by atoms with Gasteiger partial charge in [-0.15, -0.1) is 10.2 Å². The largest absolute Gasteiger partial charge is 0.467 e. The minimum atomic E-state index is -0.0833. The minimum Gasteiger partial charge on any atom is -0.467 e. The molecule has 3 aromatic rings. The Kier molecular flexibility index (Phi) is 5.60. The molecule has 0 aliphatic rings. The van der Waals surface area contributed by atoms with Crippen LogP contribution in [0.5, 0.6) is 0 Å². The van der Waals surface area contributed by atoms with Crippen LogP contribution in [0.4, 0.5) is 0 Å². The lowest BCUT2D eigenvalue weighted by atomic mass is 10.2. The van der Waals surface area contributed by atoms with Gasteiger partial charge in [0.25, 0.3) is 0 Å². The number of aromatic nitrogens is 3. The molecule has 0 aliphatic heterocycles. The van der Waals surface area contributed by atoms with Gasteiger partial charge in [0.2, 0.25) is 5.91 Å². The van der Waals surface area contributed by atoms with E-state index in [4.69, 9.17) is 8.83 Å². The highest BCUT2D eigenvalue weighted by molar-refractivity contribution is 7.99. The van der Waals surface area contributed by atoms with Crippen molar-refractivity contribution in [3.05, 3.63) is 42.6 Å². The van der Waals surface area contributed by atoms with Crippen molar-refractivity contribution in [2.24, 2.45) is 5.92 Å². The molecule has 3 heterocycles. The van der Waals surface area contributed by atoms with Gasteiger partial charge in [0, 0.05) is 6.54 Å². The van der Waals surface area contributed by atoms with Gasteiger partial charge >= 0.3 is 0 Å². The summed E-state index contributed by atoms with van der Waals surface area (Å²) in [6.07, 6.45) is 3.19. The quantitative estimate of drug-likeness (QED) is 0.621. The number of furan rings is 2. The van der Waals surface area contributed by atoms with Gasteiger partial charge in [0.1, 0.15) is 5.76 Å². The number of carbonyl (C=O) groups excluding carboxylic acids is 1. The Hall–Kier alpha value is -2.48. The highest BCUT2D eigenvalue weighted by Crippen LogP contribution is 2.25. The minimum absolute atomic E-state index is 0.0833. The van der Waals surface area contributed by atoms with E-state index in [1.54, 1.807) is 18.6 Å². The van der Waals surface area contributed by atoms with Gasteiger partial charge in [-0.2, -0.15) is 0 Å². The first-order valence-electron chi connectivity index (χ1n) is 8.02. The molecule has 0 fully saturated rings. The lowest BCUT2D eigenvalue weighted by Crippen LogP contribution is -2.24. The summed E-state index contributed by atoms with van der Waals surface area (Å²) in [6, 6.07) is 7.28. The van der Waals surface area contributed by atoms with Crippen LogP contribution >= 0.6 is 11.8 Å². The Balaban J connectivity index is 1.64. The van der Waals surface area contributed by atoms with Crippen LogP contribution in [0.2, 0.25) is 0 Å². The molecule has 0 aliphatic carbocycles. The Bertz CT molecular complexity index is 794. The summed E-state index contributed by atoms with van der Waals surface area (Å²) < 4.78 is 12.6. The molecule has 0 radical (unpaired) electrons. The van der Waals surface area contributed by atoms with Crippen LogP contribution in [0, 0.1) is 5.92 Å². The molecule has 3 rings (SSSR count). The molecule has 7 nitrogen and oxygen atoms in total. The summed E-state index contributed by atoms with van der Waals surface area (Å²) in [7, 11) is 0. The van der Waals surface area contributed by atoms with E-state index in [9.17, 15) is 4.79 Å². The second kappa shape index (κ2) is 8.06. The molecular formula is C17H20N4O3S. The summed E-state index contributed by atoms with van der Waals surface area (Å²) in [5, 5.41) is 12.0. The monoisotopic (exact) mass is 360 g/mol. The first kappa shape index (κ1) is 17.3. The van der Waals surface area contributed by atoms with Gasteiger partial charge in [-0.1, -0.05) is 25.6 Å². The first-order valence-corrected chi connectivity index (χ1v) is 9.01. The van der Waals surface area contributed by atoms with Gasteiger partial charge in [0.15, 0.2) is 16.7 Å². The highest BCUT2D eigenvalue weighted by atomic mass is 32.2. The van der Waals surface area contributed by atoms with Gasteiger partial charge < -0.3 is 14.2 Å². The number of hydrogen-bond acceptors (Lipinski definition) is 6. The topological polar surface area (TPSA) is 86.1 Å². The summed E-state index contributed by atoms with van der Waals surface area (Å²) in [6.45, 7) is 5.37. The van der Waals surface area contributed by atoms with Gasteiger partial charge in [-0.05, 0) is 30.2 Å². The van der Waals surface area contributed by atoms with E-state index in [2.05, 4.69) is 29.4 Å². The zero-order chi connectivity index (χ0) is 17.6. The molecule has 0 bridgehead atoms. The van der Waals surface area contributed by atoms with Crippen molar-refractivity contribution in [3.63, 3.8) is 0 Å². The van der Waals surface area contributed by atoms with Crippen LogP contribution in [0.25, 0.3) is 11.6 Å². The molecule has 25 heavy (non-hydrogen) atoms. The number of amides is 1. The van der Waals surface area contributed by atoms with Crippen molar-refractivity contribution in [2.75, 3.05) is 5.75 Å². The van der Waals surface area contributed by atoms with E-state index in [-0.39, 0.29) is 11.7 Å². The number of hydrogen-bond donors (Lipinski definition) is 1. The Labute approximate surface area is 149 Å². The molecule has 0 unspecified atom stereocenters. The fourth-order valence-electron chi connectivity index (χ4n) is 2.29. The number of nitrogens with one attached hydrogen (secondary N) is 1. The normalized spacial score (nSPS) is 11.2. The van der Waals surface area contributed by atoms with Crippen molar-refractivity contribution >= 4 is 17.7 Å². The lowest BCUT2D eigenvalue weighted by molar-refractivity contribution is -0.118. The van der Waals surface area contributed by atoms with Crippen LogP contribution in [-0.4, -0.2) is 26.4 Å². The Morgan fingerprint density at radius 2 is 2.04 bits per heavy atom. The van der Waals surface area contributed by atoms with E-state index in [1.165, 1.54) is 11.8 Å². The Morgan fingerprint density at radius 1 is 1.24 bits per heavy atom. The fourth-order valence-corrected chi connectivity index (χ4v) is 3.07. The van der Waals surface area contributed by atoms with Crippen molar-refractivity contribution < 1.29 is 13.6 Å². The second-order valence-electron chi connectivity index (χ2n) is 5.93. The van der Waals surface area contributed by atoms with Gasteiger partial charge in [0.05, 0.1) is 24.8 Å². The standard InChI is InChI=1S/C17H20N4O3S/c1-12(2)10-21-16(14-6-4-8-24-14)19-20-17(21)25-11-15(22)18-9-13-5-3-7-23-13/h3-8,12H,9-11H2,1-2H3,(H,18,22). The molecule has 1 amide bonds. The molecule has 3 aromatic heterocycles. The molecule has 0 spiro atoms. The third kappa shape index (κ3) is 4.54. The average molecular weight is 360 g/mol. The molecule has 132 valence electrons. The SMILES string of the molecule is CC(C)Cn1c(SCC(=O)NCc2ccco2)nnc1-c1ccco1. The number of nitrogens with zero attached hydrogens (tertiary/aromatic N) is 3. The third-order valence-electron chi connectivity index (χ3n) is 3.38. The molecule has 8 heteroatoms. The van der Waals surface area contributed by atoms with E-state index < -0.39 is 0 Å². The number of thioether (sulfide) groups is 1. The van der Waals surface area contributed by atoms with E-state index in [0.717, 1.165) is 12.3 Å². The summed E-state index contributed by atoms with van der Waals surface area (Å²) in [5.74, 6) is 2.66. The second-order valence-corrected chi connectivity index (χ2v) is 6.88. The smallest absolute Gasteiger partial charge is 0.230 e. The molecule has 0 aromatic carbocycles. The third-order valence-corrected chi connectivity index (χ3v) is 4.35. The zero-order valence-electron chi connectivity index (χ0n) is 14.1. The average Bonchev–Trinajstić information content (AvgIpc) is 3.32. The van der Waals surface area contributed by atoms with Crippen molar-refractivity contribution in [1.82, 2.24) is 20.1 Å². The van der Waals surface area contributed by atoms with E-state index >= 15 is 0 Å². The van der Waals surface area contributed by atoms with Crippen molar-refractivity contribution in [1.29, 1.82) is 0 Å². The van der Waals surface area contributed by atoms with Crippen LogP contribution in [0.15, 0.2) is 50.8 Å². The van der Waals surface area contributed by atoms with Crippen LogP contribution in [0.1, 0.15) is 19.6 Å². The maximum Gasteiger partial charge on any atom is 0.230 e.